The van der Waals surface area contributed by atoms with E-state index in [1.54, 1.807) is 11.0 Å². The Hall–Kier alpha value is -2.07. The number of aromatic hydroxyl groups is 1. The number of fused-ring (bicyclic) bond motifs is 1. The van der Waals surface area contributed by atoms with Gasteiger partial charge in [-0.1, -0.05) is 30.3 Å². The summed E-state index contributed by atoms with van der Waals surface area (Å²) in [5, 5.41) is 12.0. The molecule has 0 aliphatic carbocycles. The van der Waals surface area contributed by atoms with Crippen LogP contribution >= 0.6 is 0 Å². The number of amides is 1. The van der Waals surface area contributed by atoms with E-state index >= 15 is 0 Å². The van der Waals surface area contributed by atoms with Crippen molar-refractivity contribution >= 4 is 16.7 Å². The first-order valence-electron chi connectivity index (χ1n) is 6.78. The summed E-state index contributed by atoms with van der Waals surface area (Å²) >= 11 is 0. The van der Waals surface area contributed by atoms with Crippen molar-refractivity contribution < 1.29 is 14.6 Å². The maximum Gasteiger partial charge on any atom is 0.257 e. The molecule has 1 unspecified atom stereocenters. The van der Waals surface area contributed by atoms with E-state index in [1.165, 1.54) is 0 Å². The van der Waals surface area contributed by atoms with Crippen molar-refractivity contribution in [1.82, 2.24) is 4.90 Å². The number of carbonyl (C=O) groups excluding carboxylic acids is 1. The van der Waals surface area contributed by atoms with Crippen LogP contribution in [0.25, 0.3) is 10.8 Å². The highest BCUT2D eigenvalue weighted by Crippen LogP contribution is 2.29. The van der Waals surface area contributed by atoms with Crippen molar-refractivity contribution in [1.29, 1.82) is 0 Å². The van der Waals surface area contributed by atoms with Crippen LogP contribution in [0.3, 0.4) is 0 Å². The quantitative estimate of drug-likeness (QED) is 0.866. The first-order chi connectivity index (χ1) is 9.66. The van der Waals surface area contributed by atoms with Gasteiger partial charge in [0.1, 0.15) is 5.75 Å². The third-order valence-electron chi connectivity index (χ3n) is 3.66. The van der Waals surface area contributed by atoms with Crippen LogP contribution in [0, 0.1) is 0 Å². The molecular weight excluding hydrogens is 254 g/mol. The summed E-state index contributed by atoms with van der Waals surface area (Å²) in [6, 6.07) is 11.1. The Morgan fingerprint density at radius 1 is 1.30 bits per heavy atom. The zero-order valence-corrected chi connectivity index (χ0v) is 11.4. The van der Waals surface area contributed by atoms with Gasteiger partial charge in [-0.25, -0.2) is 0 Å². The summed E-state index contributed by atoms with van der Waals surface area (Å²) in [5.74, 6) is -0.0735. The van der Waals surface area contributed by atoms with Gasteiger partial charge in [0.2, 0.25) is 0 Å². The second kappa shape index (κ2) is 5.13. The standard InChI is InChI=1S/C16H17NO3/c1-11-10-17(8-9-20-11)16(19)14-7-6-12-4-2-3-5-13(12)15(14)18/h2-7,11,18H,8-10H2,1H3. The van der Waals surface area contributed by atoms with E-state index in [0.29, 0.717) is 30.6 Å². The van der Waals surface area contributed by atoms with E-state index in [2.05, 4.69) is 0 Å². The molecule has 0 spiro atoms. The van der Waals surface area contributed by atoms with Crippen LogP contribution in [0.1, 0.15) is 17.3 Å². The van der Waals surface area contributed by atoms with Crippen molar-refractivity contribution in [3.05, 3.63) is 42.0 Å². The topological polar surface area (TPSA) is 49.8 Å². The van der Waals surface area contributed by atoms with Gasteiger partial charge in [-0.3, -0.25) is 4.79 Å². The summed E-state index contributed by atoms with van der Waals surface area (Å²) in [7, 11) is 0. The van der Waals surface area contributed by atoms with Crippen molar-refractivity contribution in [2.75, 3.05) is 19.7 Å². The molecule has 3 rings (SSSR count). The Bertz CT molecular complexity index is 653. The van der Waals surface area contributed by atoms with Crippen molar-refractivity contribution in [3.63, 3.8) is 0 Å². The first kappa shape index (κ1) is 12.9. The predicted molar refractivity (Wildman–Crippen MR) is 76.9 cm³/mol. The normalized spacial score (nSPS) is 19.2. The van der Waals surface area contributed by atoms with Gasteiger partial charge >= 0.3 is 0 Å². The monoisotopic (exact) mass is 271 g/mol. The maximum absolute atomic E-state index is 12.5. The average molecular weight is 271 g/mol. The molecule has 104 valence electrons. The average Bonchev–Trinajstić information content (AvgIpc) is 2.47. The molecule has 1 aliphatic rings. The minimum Gasteiger partial charge on any atom is -0.506 e. The molecular formula is C16H17NO3. The molecule has 1 saturated heterocycles. The molecule has 1 N–H and O–H groups in total. The number of phenolic OH excluding ortho intramolecular Hbond substituents is 1. The summed E-state index contributed by atoms with van der Waals surface area (Å²) in [5.41, 5.74) is 0.359. The highest BCUT2D eigenvalue weighted by atomic mass is 16.5. The summed E-state index contributed by atoms with van der Waals surface area (Å²) in [6.45, 7) is 3.61. The van der Waals surface area contributed by atoms with Crippen LogP contribution in [0.2, 0.25) is 0 Å². The third kappa shape index (κ3) is 2.23. The molecule has 1 aliphatic heterocycles. The summed E-state index contributed by atoms with van der Waals surface area (Å²) in [4.78, 5) is 14.3. The van der Waals surface area contributed by atoms with Crippen LogP contribution in [0.15, 0.2) is 36.4 Å². The molecule has 0 radical (unpaired) electrons. The molecule has 1 amide bonds. The van der Waals surface area contributed by atoms with Gasteiger partial charge < -0.3 is 14.7 Å². The van der Waals surface area contributed by atoms with Crippen molar-refractivity contribution in [3.8, 4) is 5.75 Å². The molecule has 0 aromatic heterocycles. The minimum absolute atomic E-state index is 0.0373. The van der Waals surface area contributed by atoms with E-state index in [9.17, 15) is 9.90 Å². The third-order valence-corrected chi connectivity index (χ3v) is 3.66. The van der Waals surface area contributed by atoms with Gasteiger partial charge in [-0.2, -0.15) is 0 Å². The fraction of sp³-hybridized carbons (Fsp3) is 0.312. The fourth-order valence-electron chi connectivity index (χ4n) is 2.60. The Morgan fingerprint density at radius 2 is 2.10 bits per heavy atom. The number of ether oxygens (including phenoxy) is 1. The second-order valence-corrected chi connectivity index (χ2v) is 5.12. The Kier molecular flexibility index (Phi) is 3.32. The molecule has 0 bridgehead atoms. The molecule has 1 fully saturated rings. The highest BCUT2D eigenvalue weighted by Gasteiger charge is 2.24. The van der Waals surface area contributed by atoms with Gasteiger partial charge in [0, 0.05) is 18.5 Å². The largest absolute Gasteiger partial charge is 0.506 e. The number of hydrogen-bond acceptors (Lipinski definition) is 3. The maximum atomic E-state index is 12.5. The predicted octanol–water partition coefficient (Wildman–Crippen LogP) is 2.41. The Balaban J connectivity index is 1.97. The summed E-state index contributed by atoms with van der Waals surface area (Å²) in [6.07, 6.45) is 0.0373. The molecule has 2 aromatic carbocycles. The molecule has 1 heterocycles. The number of benzene rings is 2. The number of phenols is 1. The lowest BCUT2D eigenvalue weighted by Gasteiger charge is -2.31. The van der Waals surface area contributed by atoms with E-state index in [-0.39, 0.29) is 17.8 Å². The van der Waals surface area contributed by atoms with Crippen molar-refractivity contribution in [2.45, 2.75) is 13.0 Å². The van der Waals surface area contributed by atoms with E-state index in [1.807, 2.05) is 37.3 Å². The van der Waals surface area contributed by atoms with Gasteiger partial charge in [0.25, 0.3) is 5.91 Å². The first-order valence-corrected chi connectivity index (χ1v) is 6.78. The molecule has 0 saturated carbocycles. The van der Waals surface area contributed by atoms with Crippen LogP contribution < -0.4 is 0 Å². The number of rotatable bonds is 1. The molecule has 4 nitrogen and oxygen atoms in total. The lowest BCUT2D eigenvalue weighted by atomic mass is 10.0. The SMILES string of the molecule is CC1CN(C(=O)c2ccc3ccccc3c2O)CCO1. The minimum atomic E-state index is -0.136. The molecule has 4 heteroatoms. The van der Waals surface area contributed by atoms with Crippen molar-refractivity contribution in [2.24, 2.45) is 0 Å². The Morgan fingerprint density at radius 3 is 2.90 bits per heavy atom. The highest BCUT2D eigenvalue weighted by molar-refractivity contribution is 6.03. The smallest absolute Gasteiger partial charge is 0.257 e. The molecule has 1 atom stereocenters. The lowest BCUT2D eigenvalue weighted by molar-refractivity contribution is -0.0125. The van der Waals surface area contributed by atoms with Gasteiger partial charge in [-0.15, -0.1) is 0 Å². The molecule has 2 aromatic rings. The van der Waals surface area contributed by atoms with Crippen LogP contribution in [0.5, 0.6) is 5.75 Å². The number of hydrogen-bond donors (Lipinski definition) is 1. The van der Waals surface area contributed by atoms with Gasteiger partial charge in [0.15, 0.2) is 0 Å². The van der Waals surface area contributed by atoms with Gasteiger partial charge in [0.05, 0.1) is 18.3 Å². The van der Waals surface area contributed by atoms with Gasteiger partial charge in [-0.05, 0) is 18.4 Å². The zero-order valence-electron chi connectivity index (χ0n) is 11.4. The zero-order chi connectivity index (χ0) is 14.1. The second-order valence-electron chi connectivity index (χ2n) is 5.12. The number of morpholine rings is 1. The van der Waals surface area contributed by atoms with E-state index in [0.717, 1.165) is 5.39 Å². The molecule has 20 heavy (non-hydrogen) atoms. The van der Waals surface area contributed by atoms with E-state index < -0.39 is 0 Å². The lowest BCUT2D eigenvalue weighted by Crippen LogP contribution is -2.44. The van der Waals surface area contributed by atoms with E-state index in [4.69, 9.17) is 4.74 Å². The fourth-order valence-corrected chi connectivity index (χ4v) is 2.60. The van der Waals surface area contributed by atoms with Crippen LogP contribution in [-0.2, 0) is 4.74 Å². The Labute approximate surface area is 117 Å². The van der Waals surface area contributed by atoms with Crippen LogP contribution in [-0.4, -0.2) is 41.7 Å². The number of nitrogens with zero attached hydrogens (tertiary/aromatic N) is 1. The number of carbonyl (C=O) groups is 1. The summed E-state index contributed by atoms with van der Waals surface area (Å²) < 4.78 is 5.44. The van der Waals surface area contributed by atoms with Crippen LogP contribution in [0.4, 0.5) is 0 Å².